The molecule has 2 fully saturated rings. The molecular weight excluding hydrogens is 945 g/mol. The predicted molar refractivity (Wildman–Crippen MR) is 300 cm³/mol. The number of imidazole rings is 2. The number of hydrogen-bond acceptors (Lipinski definition) is 10. The SMILES string of the molecule is COc1cc(/C=C/c2nc3n(n2)CCC[C@@H]3C2CCN(Cc3ccccc3)CC2)ccc1-n1cnc(C)c1.COc1cc(/C=C/c2nc3n(n2)CCC[C@H]3C2CCN(Cc3ccccc3)CC2)ccc1-n1cnc(C)c1. The summed E-state index contributed by atoms with van der Waals surface area (Å²) in [5.74, 6) is 7.95. The van der Waals surface area contributed by atoms with Crippen LogP contribution in [0.3, 0.4) is 0 Å². The van der Waals surface area contributed by atoms with E-state index in [1.54, 1.807) is 14.2 Å². The summed E-state index contributed by atoms with van der Waals surface area (Å²) in [7, 11) is 3.40. The molecule has 392 valence electrons. The van der Waals surface area contributed by atoms with Crippen molar-refractivity contribution < 1.29 is 9.47 Å². The number of rotatable bonds is 14. The fraction of sp³-hybridized carbons (Fsp3) is 0.387. The van der Waals surface area contributed by atoms with Crippen molar-refractivity contribution in [3.8, 4) is 22.9 Å². The van der Waals surface area contributed by atoms with E-state index in [9.17, 15) is 0 Å². The third kappa shape index (κ3) is 12.0. The molecule has 0 aliphatic carbocycles. The molecule has 4 aliphatic heterocycles. The molecule has 76 heavy (non-hydrogen) atoms. The number of hydrogen-bond donors (Lipinski definition) is 0. The van der Waals surface area contributed by atoms with Gasteiger partial charge in [0, 0.05) is 50.4 Å². The maximum Gasteiger partial charge on any atom is 0.174 e. The molecule has 4 aromatic heterocycles. The quantitative estimate of drug-likeness (QED) is 0.104. The van der Waals surface area contributed by atoms with E-state index in [-0.39, 0.29) is 0 Å². The molecule has 8 aromatic rings. The van der Waals surface area contributed by atoms with Crippen LogP contribution in [0.2, 0.25) is 0 Å². The van der Waals surface area contributed by atoms with Gasteiger partial charge in [-0.3, -0.25) is 9.80 Å². The van der Waals surface area contributed by atoms with E-state index in [4.69, 9.17) is 29.6 Å². The fourth-order valence-corrected chi connectivity index (χ4v) is 12.0. The first-order chi connectivity index (χ1) is 37.3. The molecule has 0 bridgehead atoms. The average molecular weight is 1020 g/mol. The van der Waals surface area contributed by atoms with E-state index >= 15 is 0 Å². The number of fused-ring (bicyclic) bond motifs is 2. The highest BCUT2D eigenvalue weighted by Gasteiger charge is 2.35. The van der Waals surface area contributed by atoms with Gasteiger partial charge in [0.2, 0.25) is 0 Å². The fourth-order valence-electron chi connectivity index (χ4n) is 12.0. The number of aryl methyl sites for hydroxylation is 4. The smallest absolute Gasteiger partial charge is 0.174 e. The number of ether oxygens (including phenoxy) is 2. The van der Waals surface area contributed by atoms with Crippen molar-refractivity contribution in [2.24, 2.45) is 11.8 Å². The first-order valence-electron chi connectivity index (χ1n) is 27.5. The van der Waals surface area contributed by atoms with Crippen LogP contribution in [-0.2, 0) is 26.2 Å². The van der Waals surface area contributed by atoms with E-state index in [0.29, 0.717) is 23.7 Å². The van der Waals surface area contributed by atoms with Crippen LogP contribution in [0.4, 0.5) is 0 Å². The highest BCUT2D eigenvalue weighted by molar-refractivity contribution is 5.70. The van der Waals surface area contributed by atoms with Gasteiger partial charge in [-0.15, -0.1) is 0 Å². The number of likely N-dealkylation sites (tertiary alicyclic amines) is 2. The number of piperidine rings is 2. The molecule has 4 aromatic carbocycles. The van der Waals surface area contributed by atoms with Crippen LogP contribution in [0.1, 0.15) is 120 Å². The summed E-state index contributed by atoms with van der Waals surface area (Å²) in [5.41, 5.74) is 8.81. The van der Waals surface area contributed by atoms with E-state index in [0.717, 1.165) is 109 Å². The molecule has 2 atom stereocenters. The maximum absolute atomic E-state index is 5.67. The minimum absolute atomic E-state index is 0.510. The molecule has 14 nitrogen and oxygen atoms in total. The summed E-state index contributed by atoms with van der Waals surface area (Å²) in [6.07, 6.45) is 25.6. The zero-order valence-corrected chi connectivity index (χ0v) is 44.7. The van der Waals surface area contributed by atoms with Crippen LogP contribution in [0.15, 0.2) is 122 Å². The Morgan fingerprint density at radius 3 is 1.30 bits per heavy atom. The molecule has 2 saturated heterocycles. The van der Waals surface area contributed by atoms with Gasteiger partial charge in [-0.05, 0) is 162 Å². The average Bonchev–Trinajstić information content (AvgIpc) is 4.30. The van der Waals surface area contributed by atoms with E-state index < -0.39 is 0 Å². The van der Waals surface area contributed by atoms with Gasteiger partial charge in [0.05, 0.1) is 49.6 Å². The van der Waals surface area contributed by atoms with E-state index in [2.05, 4.69) is 126 Å². The third-order valence-corrected chi connectivity index (χ3v) is 16.0. The summed E-state index contributed by atoms with van der Waals surface area (Å²) in [6, 6.07) is 34.0. The second kappa shape index (κ2) is 23.6. The lowest BCUT2D eigenvalue weighted by Crippen LogP contribution is -2.36. The lowest BCUT2D eigenvalue weighted by molar-refractivity contribution is 0.149. The van der Waals surface area contributed by atoms with Gasteiger partial charge in [-0.2, -0.15) is 10.2 Å². The second-order valence-electron chi connectivity index (χ2n) is 21.2. The number of aromatic nitrogens is 10. The van der Waals surface area contributed by atoms with Gasteiger partial charge in [-0.1, -0.05) is 84.9 Å². The van der Waals surface area contributed by atoms with Crippen LogP contribution >= 0.6 is 0 Å². The highest BCUT2D eigenvalue weighted by atomic mass is 16.5. The first-order valence-corrected chi connectivity index (χ1v) is 27.5. The zero-order chi connectivity index (χ0) is 51.8. The summed E-state index contributed by atoms with van der Waals surface area (Å²) < 4.78 is 19.6. The van der Waals surface area contributed by atoms with Crippen molar-refractivity contribution >= 4 is 24.3 Å². The van der Waals surface area contributed by atoms with Gasteiger partial charge in [-0.25, -0.2) is 29.3 Å². The van der Waals surface area contributed by atoms with Crippen molar-refractivity contribution in [3.63, 3.8) is 0 Å². The van der Waals surface area contributed by atoms with E-state index in [1.807, 2.05) is 72.3 Å². The van der Waals surface area contributed by atoms with Gasteiger partial charge in [0.1, 0.15) is 23.1 Å². The van der Waals surface area contributed by atoms with Crippen LogP contribution in [0.25, 0.3) is 35.7 Å². The molecule has 14 heteroatoms. The Morgan fingerprint density at radius 2 is 0.921 bits per heavy atom. The Balaban J connectivity index is 0.000000162. The standard InChI is InChI=1S/2C31H36N6O/c2*1-23-20-36(22-32-23)28-12-10-24(19-29(28)38-2)11-13-30-33-31-27(9-6-16-37(31)34-30)26-14-17-35(18-15-26)21-25-7-4-3-5-8-25/h2*3-5,7-8,10-13,19-20,22,26-27H,6,9,14-18,21H2,1-2H3/b2*13-11+/t2*27-/m10/s1. The maximum atomic E-state index is 5.67. The Morgan fingerprint density at radius 1 is 0.500 bits per heavy atom. The molecule has 0 unspecified atom stereocenters. The molecule has 0 amide bonds. The summed E-state index contributed by atoms with van der Waals surface area (Å²) >= 11 is 0. The third-order valence-electron chi connectivity index (χ3n) is 16.0. The largest absolute Gasteiger partial charge is 0.495 e. The van der Waals surface area contributed by atoms with Crippen LogP contribution in [-0.4, -0.2) is 98.8 Å². The molecule has 0 spiro atoms. The van der Waals surface area contributed by atoms with Gasteiger partial charge < -0.3 is 18.6 Å². The Kier molecular flexibility index (Phi) is 15.8. The lowest BCUT2D eigenvalue weighted by atomic mass is 9.80. The first kappa shape index (κ1) is 50.7. The monoisotopic (exact) mass is 1020 g/mol. The highest BCUT2D eigenvalue weighted by Crippen LogP contribution is 2.40. The Bertz CT molecular complexity index is 3010. The normalized spacial score (nSPS) is 18.6. The van der Waals surface area contributed by atoms with Gasteiger partial charge >= 0.3 is 0 Å². The van der Waals surface area contributed by atoms with Crippen molar-refractivity contribution in [1.82, 2.24) is 58.4 Å². The molecule has 12 rings (SSSR count). The Hall–Kier alpha value is -7.42. The van der Waals surface area contributed by atoms with Crippen molar-refractivity contribution in [1.29, 1.82) is 0 Å². The summed E-state index contributed by atoms with van der Waals surface area (Å²) in [4.78, 5) is 23.9. The molecule has 8 heterocycles. The molecule has 0 saturated carbocycles. The molecule has 4 aliphatic rings. The topological polar surface area (TPSA) is 122 Å². The minimum atomic E-state index is 0.510. The van der Waals surface area contributed by atoms with E-state index in [1.165, 1.54) is 74.1 Å². The van der Waals surface area contributed by atoms with Crippen LogP contribution in [0.5, 0.6) is 11.5 Å². The summed E-state index contributed by atoms with van der Waals surface area (Å²) in [6.45, 7) is 12.6. The Labute approximate surface area is 447 Å². The number of nitrogens with zero attached hydrogens (tertiary/aromatic N) is 12. The lowest BCUT2D eigenvalue weighted by Gasteiger charge is -2.37. The minimum Gasteiger partial charge on any atom is -0.495 e. The van der Waals surface area contributed by atoms with Gasteiger partial charge in [0.25, 0.3) is 0 Å². The zero-order valence-electron chi connectivity index (χ0n) is 44.7. The van der Waals surface area contributed by atoms with Crippen molar-refractivity contribution in [2.75, 3.05) is 40.4 Å². The van der Waals surface area contributed by atoms with Gasteiger partial charge in [0.15, 0.2) is 11.6 Å². The van der Waals surface area contributed by atoms with Crippen molar-refractivity contribution in [2.45, 2.75) is 103 Å². The second-order valence-corrected chi connectivity index (χ2v) is 21.2. The number of benzene rings is 4. The molecule has 0 radical (unpaired) electrons. The predicted octanol–water partition coefficient (Wildman–Crippen LogP) is 11.5. The molecule has 0 N–H and O–H groups in total. The summed E-state index contributed by atoms with van der Waals surface area (Å²) in [5, 5.41) is 9.71. The molecular formula is C62H72N12O2. The number of methoxy groups -OCH3 is 2. The van der Waals surface area contributed by atoms with Crippen LogP contribution in [0, 0.1) is 25.7 Å². The van der Waals surface area contributed by atoms with Crippen molar-refractivity contribution in [3.05, 3.63) is 179 Å². The van der Waals surface area contributed by atoms with Crippen LogP contribution < -0.4 is 9.47 Å².